The molecule has 2 aliphatic rings. The number of ether oxygens (including phenoxy) is 1. The highest BCUT2D eigenvalue weighted by Crippen LogP contribution is 2.48. The van der Waals surface area contributed by atoms with Gasteiger partial charge in [-0.15, -0.1) is 16.2 Å². The topological polar surface area (TPSA) is 96.8 Å². The van der Waals surface area contributed by atoms with Gasteiger partial charge in [0, 0.05) is 28.2 Å². The van der Waals surface area contributed by atoms with Crippen molar-refractivity contribution in [1.82, 2.24) is 14.9 Å². The van der Waals surface area contributed by atoms with Crippen LogP contribution in [0.5, 0.6) is 5.88 Å². The van der Waals surface area contributed by atoms with E-state index in [1.54, 1.807) is 11.3 Å². The van der Waals surface area contributed by atoms with Crippen molar-refractivity contribution in [3.63, 3.8) is 0 Å². The molecule has 0 spiro atoms. The third-order valence-corrected chi connectivity index (χ3v) is 8.12. The Kier molecular flexibility index (Phi) is 6.56. The minimum atomic E-state index is -0.607. The Bertz CT molecular complexity index is 1190. The van der Waals surface area contributed by atoms with Crippen molar-refractivity contribution in [1.29, 1.82) is 0 Å². The van der Waals surface area contributed by atoms with Crippen LogP contribution in [0.4, 0.5) is 11.6 Å². The van der Waals surface area contributed by atoms with Crippen molar-refractivity contribution in [2.45, 2.75) is 63.0 Å². The first kappa shape index (κ1) is 22.9. The molecular weight excluding hydrogens is 450 g/mol. The van der Waals surface area contributed by atoms with Crippen LogP contribution in [0.2, 0.25) is 0 Å². The molecule has 1 atom stereocenters. The lowest BCUT2D eigenvalue weighted by Gasteiger charge is -2.32. The first-order chi connectivity index (χ1) is 16.5. The van der Waals surface area contributed by atoms with E-state index in [4.69, 9.17) is 14.7 Å². The first-order valence-electron chi connectivity index (χ1n) is 11.9. The molecule has 1 aromatic carbocycles. The van der Waals surface area contributed by atoms with E-state index < -0.39 is 5.91 Å². The Balaban J connectivity index is 1.50. The summed E-state index contributed by atoms with van der Waals surface area (Å²) in [7, 11) is 4.26. The number of aryl methyl sites for hydroxylation is 1. The van der Waals surface area contributed by atoms with Crippen LogP contribution in [-0.4, -0.2) is 47.0 Å². The van der Waals surface area contributed by atoms with Crippen molar-refractivity contribution in [2.75, 3.05) is 19.4 Å². The largest absolute Gasteiger partial charge is 0.474 e. The van der Waals surface area contributed by atoms with Gasteiger partial charge in [-0.2, -0.15) is 4.98 Å². The second kappa shape index (κ2) is 9.76. The molecule has 1 fully saturated rings. The number of rotatable bonds is 7. The number of thiophene rings is 1. The van der Waals surface area contributed by atoms with E-state index in [1.165, 1.54) is 4.88 Å². The second-order valence-corrected chi connectivity index (χ2v) is 10.5. The smallest absolute Gasteiger partial charge is 0.286 e. The summed E-state index contributed by atoms with van der Waals surface area (Å²) < 4.78 is 6.57. The second-order valence-electron chi connectivity index (χ2n) is 9.40. The number of nitrogens with one attached hydrogen (secondary N) is 1. The van der Waals surface area contributed by atoms with Crippen molar-refractivity contribution >= 4 is 39.1 Å². The zero-order valence-electron chi connectivity index (χ0n) is 19.5. The summed E-state index contributed by atoms with van der Waals surface area (Å²) in [6.45, 7) is 0. The summed E-state index contributed by atoms with van der Waals surface area (Å²) in [5.74, 6) is 0.424. The Morgan fingerprint density at radius 1 is 1.15 bits per heavy atom. The van der Waals surface area contributed by atoms with Gasteiger partial charge in [-0.1, -0.05) is 18.2 Å². The summed E-state index contributed by atoms with van der Waals surface area (Å²) in [5, 5.41) is 6.82. The molecule has 8 nitrogen and oxygen atoms in total. The molecule has 178 valence electrons. The maximum absolute atomic E-state index is 11.8. The number of amides is 1. The molecule has 2 heterocycles. The van der Waals surface area contributed by atoms with Gasteiger partial charge >= 0.3 is 0 Å². The van der Waals surface area contributed by atoms with Crippen LogP contribution >= 0.6 is 11.3 Å². The zero-order chi connectivity index (χ0) is 23.7. The number of aromatic nitrogens is 2. The maximum atomic E-state index is 11.8. The van der Waals surface area contributed by atoms with Crippen molar-refractivity contribution in [2.24, 2.45) is 5.18 Å². The lowest BCUT2D eigenvalue weighted by Crippen LogP contribution is -2.35. The Hall–Kier alpha value is -2.91. The monoisotopic (exact) mass is 479 g/mol. The molecule has 0 unspecified atom stereocenters. The summed E-state index contributed by atoms with van der Waals surface area (Å²) in [4.78, 5) is 36.5. The number of nitroso groups, excluding NO2 is 1. The van der Waals surface area contributed by atoms with Gasteiger partial charge in [-0.3, -0.25) is 4.79 Å². The fourth-order valence-corrected chi connectivity index (χ4v) is 6.45. The standard InChI is InChI=1S/C25H29N5O3S/c1-30(2)17-9-11-18(12-10-17)33-23-22-21-15(14-20(31)29-32)8-13-19(21)34-24(22)28-25(27-23)26-16-6-4-3-5-7-16/h3-7,15,17-18H,8-14H2,1-2H3,(H,26,27,28)/t15-,17-,18-/m1/s1. The van der Waals surface area contributed by atoms with Gasteiger partial charge in [-0.05, 0) is 76.2 Å². The van der Waals surface area contributed by atoms with E-state index in [9.17, 15) is 9.70 Å². The van der Waals surface area contributed by atoms with E-state index >= 15 is 0 Å². The average Bonchev–Trinajstić information content (AvgIpc) is 3.39. The normalized spacial score (nSPS) is 22.0. The minimum absolute atomic E-state index is 0.0442. The van der Waals surface area contributed by atoms with Gasteiger partial charge < -0.3 is 15.0 Å². The molecule has 2 aromatic heterocycles. The molecule has 1 amide bonds. The number of hydrogen-bond donors (Lipinski definition) is 1. The molecule has 1 N–H and O–H groups in total. The van der Waals surface area contributed by atoms with Gasteiger partial charge in [0.25, 0.3) is 5.91 Å². The fraction of sp³-hybridized carbons (Fsp3) is 0.480. The quantitative estimate of drug-likeness (QED) is 0.453. The third kappa shape index (κ3) is 4.67. The first-order valence-corrected chi connectivity index (χ1v) is 12.7. The molecule has 3 aromatic rings. The van der Waals surface area contributed by atoms with E-state index in [-0.39, 0.29) is 18.4 Å². The van der Waals surface area contributed by atoms with Crippen LogP contribution in [0, 0.1) is 4.91 Å². The highest BCUT2D eigenvalue weighted by molar-refractivity contribution is 7.19. The molecule has 0 radical (unpaired) electrons. The van der Waals surface area contributed by atoms with Gasteiger partial charge in [0.1, 0.15) is 10.9 Å². The molecule has 1 saturated carbocycles. The lowest BCUT2D eigenvalue weighted by atomic mass is 9.92. The summed E-state index contributed by atoms with van der Waals surface area (Å²) in [5.41, 5.74) is 1.98. The van der Waals surface area contributed by atoms with Gasteiger partial charge in [0.05, 0.1) is 5.39 Å². The van der Waals surface area contributed by atoms with E-state index in [0.29, 0.717) is 17.9 Å². The van der Waals surface area contributed by atoms with Crippen molar-refractivity contribution < 1.29 is 9.53 Å². The van der Waals surface area contributed by atoms with E-state index in [0.717, 1.165) is 60.0 Å². The number of anilines is 2. The summed E-state index contributed by atoms with van der Waals surface area (Å²) >= 11 is 1.63. The third-order valence-electron chi connectivity index (χ3n) is 6.97. The minimum Gasteiger partial charge on any atom is -0.474 e. The molecule has 0 bridgehead atoms. The lowest BCUT2D eigenvalue weighted by molar-refractivity contribution is -0.118. The predicted molar refractivity (Wildman–Crippen MR) is 134 cm³/mol. The molecule has 0 aliphatic heterocycles. The molecule has 9 heteroatoms. The van der Waals surface area contributed by atoms with Crippen molar-refractivity contribution in [3.8, 4) is 5.88 Å². The Morgan fingerprint density at radius 2 is 1.91 bits per heavy atom. The molecule has 34 heavy (non-hydrogen) atoms. The van der Waals surface area contributed by atoms with E-state index in [1.807, 2.05) is 30.3 Å². The number of hydrogen-bond acceptors (Lipinski definition) is 8. The zero-order valence-corrected chi connectivity index (χ0v) is 20.3. The highest BCUT2D eigenvalue weighted by Gasteiger charge is 2.33. The maximum Gasteiger partial charge on any atom is 0.286 e. The van der Waals surface area contributed by atoms with Crippen LogP contribution in [0.25, 0.3) is 10.2 Å². The molecule has 5 rings (SSSR count). The van der Waals surface area contributed by atoms with Crippen LogP contribution in [0.3, 0.4) is 0 Å². The van der Waals surface area contributed by atoms with Crippen molar-refractivity contribution in [3.05, 3.63) is 45.7 Å². The molecule has 2 aliphatic carbocycles. The number of nitrogens with zero attached hydrogens (tertiary/aromatic N) is 4. The predicted octanol–water partition coefficient (Wildman–Crippen LogP) is 5.40. The SMILES string of the molecule is CN(C)[C@H]1CC[C@H](Oc2nc(Nc3ccccc3)nc3sc4c(c23)[C@@H](CC(=O)N=O)CC4)CC1. The average molecular weight is 480 g/mol. The van der Waals surface area contributed by atoms with Gasteiger partial charge in [0.15, 0.2) is 0 Å². The Labute approximate surface area is 202 Å². The van der Waals surface area contributed by atoms with Crippen LogP contribution in [0.1, 0.15) is 54.9 Å². The van der Waals surface area contributed by atoms with Gasteiger partial charge in [0.2, 0.25) is 11.8 Å². The number of carbonyl (C=O) groups excluding carboxylic acids is 1. The summed E-state index contributed by atoms with van der Waals surface area (Å²) in [6.07, 6.45) is 6.03. The van der Waals surface area contributed by atoms with Crippen LogP contribution in [-0.2, 0) is 11.2 Å². The van der Waals surface area contributed by atoms with E-state index in [2.05, 4.69) is 29.5 Å². The number of benzene rings is 1. The number of para-hydroxylation sites is 1. The van der Waals surface area contributed by atoms with Crippen LogP contribution < -0.4 is 10.1 Å². The molecular formula is C25H29N5O3S. The summed E-state index contributed by atoms with van der Waals surface area (Å²) in [6, 6.07) is 10.4. The van der Waals surface area contributed by atoms with Gasteiger partial charge in [-0.25, -0.2) is 4.98 Å². The van der Waals surface area contributed by atoms with Crippen LogP contribution in [0.15, 0.2) is 35.5 Å². The Morgan fingerprint density at radius 3 is 2.62 bits per heavy atom. The fourth-order valence-electron chi connectivity index (χ4n) is 5.18. The molecule has 0 saturated heterocycles. The highest BCUT2D eigenvalue weighted by atomic mass is 32.1. The number of carbonyl (C=O) groups is 1. The number of fused-ring (bicyclic) bond motifs is 3.